The number of hydrogen-bond donors (Lipinski definition) is 1. The van der Waals surface area contributed by atoms with E-state index in [9.17, 15) is 9.59 Å². The van der Waals surface area contributed by atoms with E-state index >= 15 is 0 Å². The lowest BCUT2D eigenvalue weighted by Gasteiger charge is -2.14. The zero-order valence-corrected chi connectivity index (χ0v) is 29.9. The number of carbonyl (C=O) groups excluding carboxylic acids is 2. The third-order valence-corrected chi connectivity index (χ3v) is 8.55. The number of carbonyl (C=O) groups is 2. The first-order valence-electron chi connectivity index (χ1n) is 18.7. The Kier molecular flexibility index (Phi) is 38.5. The van der Waals surface area contributed by atoms with Gasteiger partial charge in [-0.2, -0.15) is 0 Å². The quantitative estimate of drug-likeness (QED) is 0.0646. The normalized spacial score (nSPS) is 11.1. The summed E-state index contributed by atoms with van der Waals surface area (Å²) in [6.45, 7) is 6.93. The summed E-state index contributed by atoms with van der Waals surface area (Å²) in [4.78, 5) is 25.2. The molecule has 0 saturated heterocycles. The van der Waals surface area contributed by atoms with Crippen molar-refractivity contribution in [3.63, 3.8) is 0 Å². The van der Waals surface area contributed by atoms with E-state index in [0.29, 0.717) is 26.1 Å². The van der Waals surface area contributed by atoms with Gasteiger partial charge in [0, 0.05) is 12.8 Å². The molecule has 0 aliphatic carbocycles. The molecule has 0 spiro atoms. The van der Waals surface area contributed by atoms with Gasteiger partial charge >= 0.3 is 11.9 Å². The van der Waals surface area contributed by atoms with Crippen LogP contribution >= 0.6 is 0 Å². The number of hydrogen-bond acceptors (Lipinski definition) is 4. The molecular formula is C37H74ClNO4. The van der Waals surface area contributed by atoms with Crippen molar-refractivity contribution in [2.75, 3.05) is 33.4 Å². The number of quaternary nitrogens is 1. The van der Waals surface area contributed by atoms with Crippen molar-refractivity contribution in [1.29, 1.82) is 0 Å². The molecule has 0 aromatic heterocycles. The van der Waals surface area contributed by atoms with E-state index in [0.717, 1.165) is 38.8 Å². The van der Waals surface area contributed by atoms with Gasteiger partial charge in [0.05, 0.1) is 7.05 Å². The molecule has 0 aliphatic rings. The molecule has 1 N–H and O–H groups in total. The Labute approximate surface area is 274 Å². The predicted octanol–water partition coefficient (Wildman–Crippen LogP) is 6.55. The number of unbranched alkanes of at least 4 members (excludes halogenated alkanes) is 24. The summed E-state index contributed by atoms with van der Waals surface area (Å²) in [5.74, 6) is -0.148. The van der Waals surface area contributed by atoms with E-state index in [1.807, 2.05) is 0 Å². The van der Waals surface area contributed by atoms with Crippen LogP contribution in [0.15, 0.2) is 0 Å². The van der Waals surface area contributed by atoms with Gasteiger partial charge in [0.15, 0.2) is 0 Å². The Morgan fingerprint density at radius 1 is 0.419 bits per heavy atom. The van der Waals surface area contributed by atoms with Gasteiger partial charge in [-0.15, -0.1) is 0 Å². The highest BCUT2D eigenvalue weighted by atomic mass is 35.5. The molecule has 0 amide bonds. The van der Waals surface area contributed by atoms with Crippen molar-refractivity contribution >= 4 is 11.9 Å². The Bertz CT molecular complexity index is 527. The second-order valence-electron chi connectivity index (χ2n) is 12.9. The van der Waals surface area contributed by atoms with Crippen LogP contribution in [0, 0.1) is 0 Å². The number of rotatable bonds is 34. The smallest absolute Gasteiger partial charge is 0.305 e. The molecule has 0 rings (SSSR count). The number of esters is 2. The van der Waals surface area contributed by atoms with Gasteiger partial charge in [-0.3, -0.25) is 9.59 Å². The van der Waals surface area contributed by atoms with E-state index in [-0.39, 0.29) is 24.3 Å². The molecular weight excluding hydrogens is 558 g/mol. The van der Waals surface area contributed by atoms with Crippen molar-refractivity contribution in [3.05, 3.63) is 0 Å². The Morgan fingerprint density at radius 2 is 0.651 bits per heavy atom. The lowest BCUT2D eigenvalue weighted by molar-refractivity contribution is -0.880. The summed E-state index contributed by atoms with van der Waals surface area (Å²) in [5.41, 5.74) is 0. The van der Waals surface area contributed by atoms with Gasteiger partial charge in [0.1, 0.15) is 26.3 Å². The average molecular weight is 632 g/mol. The Hall–Kier alpha value is -0.810. The van der Waals surface area contributed by atoms with Crippen molar-refractivity contribution in [2.24, 2.45) is 0 Å². The van der Waals surface area contributed by atoms with Gasteiger partial charge in [-0.1, -0.05) is 168 Å². The van der Waals surface area contributed by atoms with Gasteiger partial charge in [0.2, 0.25) is 0 Å². The van der Waals surface area contributed by atoms with E-state index in [2.05, 4.69) is 20.9 Å². The maximum Gasteiger partial charge on any atom is 0.305 e. The molecule has 5 nitrogen and oxygen atoms in total. The van der Waals surface area contributed by atoms with Gasteiger partial charge in [0.25, 0.3) is 0 Å². The van der Waals surface area contributed by atoms with Crippen LogP contribution in [0.25, 0.3) is 0 Å². The fraction of sp³-hybridized carbons (Fsp3) is 0.946. The first kappa shape index (κ1) is 44.3. The van der Waals surface area contributed by atoms with Crippen molar-refractivity contribution in [1.82, 2.24) is 0 Å². The molecule has 0 saturated carbocycles. The highest BCUT2D eigenvalue weighted by molar-refractivity contribution is 5.69. The van der Waals surface area contributed by atoms with Gasteiger partial charge < -0.3 is 26.8 Å². The lowest BCUT2D eigenvalue weighted by atomic mass is 10.0. The molecule has 0 aromatic rings. The molecule has 0 radical (unpaired) electrons. The summed E-state index contributed by atoms with van der Waals surface area (Å²) in [6, 6.07) is 0. The molecule has 6 heteroatoms. The average Bonchev–Trinajstić information content (AvgIpc) is 2.98. The van der Waals surface area contributed by atoms with Crippen LogP contribution in [0.5, 0.6) is 0 Å². The fourth-order valence-corrected chi connectivity index (χ4v) is 5.52. The Morgan fingerprint density at radius 3 is 0.907 bits per heavy atom. The zero-order chi connectivity index (χ0) is 30.8. The van der Waals surface area contributed by atoms with E-state index in [1.165, 1.54) is 146 Å². The summed E-state index contributed by atoms with van der Waals surface area (Å²) >= 11 is 0. The summed E-state index contributed by atoms with van der Waals surface area (Å²) < 4.78 is 10.8. The van der Waals surface area contributed by atoms with Crippen molar-refractivity contribution < 1.29 is 36.4 Å². The molecule has 43 heavy (non-hydrogen) atoms. The van der Waals surface area contributed by atoms with Crippen LogP contribution < -0.4 is 17.3 Å². The molecule has 0 heterocycles. The summed E-state index contributed by atoms with van der Waals surface area (Å²) in [6.07, 6.45) is 35.1. The van der Waals surface area contributed by atoms with E-state index in [4.69, 9.17) is 9.47 Å². The molecule has 0 bridgehead atoms. The van der Waals surface area contributed by atoms with E-state index < -0.39 is 0 Å². The maximum atomic E-state index is 12.0. The Balaban J connectivity index is 0. The zero-order valence-electron chi connectivity index (χ0n) is 29.1. The molecule has 258 valence electrons. The predicted molar refractivity (Wildman–Crippen MR) is 179 cm³/mol. The first-order valence-corrected chi connectivity index (χ1v) is 18.7. The lowest BCUT2D eigenvalue weighted by Crippen LogP contribution is -3.10. The number of halogens is 1. The third-order valence-electron chi connectivity index (χ3n) is 8.55. The highest BCUT2D eigenvalue weighted by Crippen LogP contribution is 2.14. The molecule has 0 fully saturated rings. The van der Waals surface area contributed by atoms with E-state index in [1.54, 1.807) is 0 Å². The fourth-order valence-electron chi connectivity index (χ4n) is 5.52. The summed E-state index contributed by atoms with van der Waals surface area (Å²) in [5, 5.41) is 0. The SMILES string of the molecule is CCCCCCCCCCCCCCCC(=O)OCC[NH+](C)CCOC(=O)CCCCCCCCCCCCCCC.[Cl-]. The number of nitrogens with one attached hydrogen (secondary N) is 1. The molecule has 0 atom stereocenters. The molecule has 0 aromatic carbocycles. The second-order valence-corrected chi connectivity index (χ2v) is 12.9. The first-order chi connectivity index (χ1) is 20.6. The minimum Gasteiger partial charge on any atom is -1.00 e. The molecule has 0 unspecified atom stereocenters. The number of likely N-dealkylation sites (N-methyl/N-ethyl adjacent to an activating group) is 1. The van der Waals surface area contributed by atoms with Gasteiger partial charge in [-0.25, -0.2) is 0 Å². The number of ether oxygens (including phenoxy) is 2. The maximum absolute atomic E-state index is 12.0. The van der Waals surface area contributed by atoms with Crippen LogP contribution in [-0.2, 0) is 19.1 Å². The second kappa shape index (κ2) is 37.4. The van der Waals surface area contributed by atoms with Crippen LogP contribution in [0.3, 0.4) is 0 Å². The standard InChI is InChI=1S/C37H73NO4.ClH/c1-4-6-8-10-12-14-16-18-20-22-24-26-28-30-36(39)41-34-32-38(3)33-35-42-37(40)31-29-27-25-23-21-19-17-15-13-11-9-7-5-2;/h4-35H2,1-3H3;1H. The monoisotopic (exact) mass is 632 g/mol. The molecule has 0 aliphatic heterocycles. The third kappa shape index (κ3) is 37.3. The topological polar surface area (TPSA) is 57.0 Å². The van der Waals surface area contributed by atoms with Crippen molar-refractivity contribution in [2.45, 2.75) is 194 Å². The highest BCUT2D eigenvalue weighted by Gasteiger charge is 2.08. The largest absolute Gasteiger partial charge is 1.00 e. The minimum atomic E-state index is -0.0740. The van der Waals surface area contributed by atoms with Crippen LogP contribution in [-0.4, -0.2) is 45.3 Å². The minimum absolute atomic E-state index is 0. The summed E-state index contributed by atoms with van der Waals surface area (Å²) in [7, 11) is 2.06. The van der Waals surface area contributed by atoms with Crippen LogP contribution in [0.2, 0.25) is 0 Å². The van der Waals surface area contributed by atoms with Crippen LogP contribution in [0.4, 0.5) is 0 Å². The van der Waals surface area contributed by atoms with Crippen LogP contribution in [0.1, 0.15) is 194 Å². The van der Waals surface area contributed by atoms with Gasteiger partial charge in [-0.05, 0) is 12.8 Å². The van der Waals surface area contributed by atoms with Crippen molar-refractivity contribution in [3.8, 4) is 0 Å².